The molecule has 0 spiro atoms. The predicted octanol–water partition coefficient (Wildman–Crippen LogP) is 6.91. The van der Waals surface area contributed by atoms with Gasteiger partial charge in [-0.05, 0) is 85.0 Å². The van der Waals surface area contributed by atoms with Crippen molar-refractivity contribution in [3.05, 3.63) is 67.6 Å². The molecule has 5 rings (SSSR count). The number of hydrogen-bond donors (Lipinski definition) is 0. The number of amides is 2. The summed E-state index contributed by atoms with van der Waals surface area (Å²) in [5.41, 5.74) is 6.79. The Labute approximate surface area is 200 Å². The third-order valence-corrected chi connectivity index (χ3v) is 8.21. The van der Waals surface area contributed by atoms with Gasteiger partial charge in [0.25, 0.3) is 11.8 Å². The zero-order valence-corrected chi connectivity index (χ0v) is 20.8. The van der Waals surface area contributed by atoms with Crippen LogP contribution in [0, 0.1) is 0 Å². The highest BCUT2D eigenvalue weighted by Gasteiger charge is 2.40. The van der Waals surface area contributed by atoms with Crippen molar-refractivity contribution < 1.29 is 9.59 Å². The summed E-state index contributed by atoms with van der Waals surface area (Å²) >= 11 is 7.30. The van der Waals surface area contributed by atoms with Crippen LogP contribution in [0.5, 0.6) is 0 Å². The molecule has 31 heavy (non-hydrogen) atoms. The molecule has 2 aromatic carbocycles. The molecule has 3 nitrogen and oxygen atoms in total. The van der Waals surface area contributed by atoms with Crippen molar-refractivity contribution in [1.29, 1.82) is 0 Å². The van der Waals surface area contributed by atoms with E-state index in [2.05, 4.69) is 75.2 Å². The molecule has 1 aliphatic heterocycles. The summed E-state index contributed by atoms with van der Waals surface area (Å²) in [5, 5.41) is 0. The van der Waals surface area contributed by atoms with Gasteiger partial charge >= 0.3 is 0 Å². The van der Waals surface area contributed by atoms with Crippen molar-refractivity contribution in [2.45, 2.75) is 57.3 Å². The molecular weight excluding hydrogens is 518 g/mol. The van der Waals surface area contributed by atoms with Gasteiger partial charge in [-0.2, -0.15) is 0 Å². The average molecular weight is 543 g/mol. The topological polar surface area (TPSA) is 37.4 Å². The van der Waals surface area contributed by atoms with Crippen LogP contribution < -0.4 is 0 Å². The van der Waals surface area contributed by atoms with Gasteiger partial charge in [-0.3, -0.25) is 14.5 Å². The van der Waals surface area contributed by atoms with E-state index in [1.54, 1.807) is 0 Å². The van der Waals surface area contributed by atoms with E-state index in [1.165, 1.54) is 27.2 Å². The maximum atomic E-state index is 12.7. The molecule has 0 atom stereocenters. The maximum absolute atomic E-state index is 12.7. The minimum atomic E-state index is -0.0886. The monoisotopic (exact) mass is 541 g/mol. The Hall–Kier alpha value is -1.72. The summed E-state index contributed by atoms with van der Waals surface area (Å²) in [7, 11) is 0. The molecule has 1 heterocycles. The molecule has 0 bridgehead atoms. The smallest absolute Gasteiger partial charge is 0.257 e. The summed E-state index contributed by atoms with van der Waals surface area (Å²) in [6, 6.07) is 13.1. The Morgan fingerprint density at radius 3 is 1.87 bits per heavy atom. The van der Waals surface area contributed by atoms with Crippen LogP contribution in [0.1, 0.15) is 63.0 Å². The summed E-state index contributed by atoms with van der Waals surface area (Å²) in [4.78, 5) is 26.9. The van der Waals surface area contributed by atoms with Crippen molar-refractivity contribution in [3.63, 3.8) is 0 Å². The molecule has 0 radical (unpaired) electrons. The number of nitrogens with zero attached hydrogens (tertiary/aromatic N) is 1. The van der Waals surface area contributed by atoms with Crippen molar-refractivity contribution in [1.82, 2.24) is 4.90 Å². The van der Waals surface area contributed by atoms with Crippen LogP contribution in [0.4, 0.5) is 0 Å². The minimum absolute atomic E-state index is 0.0321. The molecule has 0 fully saturated rings. The molecular formula is C26H25Br2NO2. The molecule has 0 saturated carbocycles. The number of unbranched alkanes of at least 4 members (excludes halogenated alkanes) is 1. The Bertz CT molecular complexity index is 1050. The van der Waals surface area contributed by atoms with Crippen LogP contribution in [0.15, 0.2) is 56.5 Å². The van der Waals surface area contributed by atoms with Gasteiger partial charge in [-0.25, -0.2) is 0 Å². The quantitative estimate of drug-likeness (QED) is 0.304. The van der Waals surface area contributed by atoms with Gasteiger partial charge in [0.15, 0.2) is 0 Å². The van der Waals surface area contributed by atoms with Crippen molar-refractivity contribution in [2.75, 3.05) is 6.54 Å². The van der Waals surface area contributed by atoms with Crippen LogP contribution in [-0.4, -0.2) is 23.3 Å². The number of carbonyl (C=O) groups is 2. The summed E-state index contributed by atoms with van der Waals surface area (Å²) in [6.07, 6.45) is 6.35. The molecule has 3 aliphatic rings. The number of benzene rings is 2. The van der Waals surface area contributed by atoms with E-state index in [4.69, 9.17) is 0 Å². The molecule has 160 valence electrons. The molecule has 0 unspecified atom stereocenters. The second kappa shape index (κ2) is 8.00. The van der Waals surface area contributed by atoms with E-state index >= 15 is 0 Å². The first-order valence-electron chi connectivity index (χ1n) is 11.1. The van der Waals surface area contributed by atoms with Crippen LogP contribution >= 0.6 is 31.9 Å². The number of fused-ring (bicyclic) bond motifs is 3. The van der Waals surface area contributed by atoms with Crippen LogP contribution in [-0.2, 0) is 15.0 Å². The fraction of sp³-hybridized carbons (Fsp3) is 0.385. The molecule has 2 amide bonds. The van der Waals surface area contributed by atoms with Crippen LogP contribution in [0.3, 0.4) is 0 Å². The number of rotatable bonds is 5. The SMILES string of the molecule is CC1(CCCCN2C(=O)C3=C(CCCC3)C2=O)c2cc(Br)ccc2-c2ccc(Br)cc21. The third kappa shape index (κ3) is 3.45. The van der Waals surface area contributed by atoms with E-state index < -0.39 is 0 Å². The number of carbonyl (C=O) groups excluding carboxylic acids is 2. The summed E-state index contributed by atoms with van der Waals surface area (Å²) in [5.74, 6) is -0.0642. The third-order valence-electron chi connectivity index (χ3n) is 7.23. The first kappa shape index (κ1) is 21.1. The zero-order chi connectivity index (χ0) is 21.8. The van der Waals surface area contributed by atoms with Crippen molar-refractivity contribution in [2.24, 2.45) is 0 Å². The highest BCUT2D eigenvalue weighted by atomic mass is 79.9. The molecule has 5 heteroatoms. The summed E-state index contributed by atoms with van der Waals surface area (Å²) in [6.45, 7) is 2.85. The lowest BCUT2D eigenvalue weighted by atomic mass is 9.76. The molecule has 0 N–H and O–H groups in total. The van der Waals surface area contributed by atoms with Gasteiger partial charge in [-0.15, -0.1) is 0 Å². The van der Waals surface area contributed by atoms with Crippen LogP contribution in [0.25, 0.3) is 11.1 Å². The molecule has 0 aromatic heterocycles. The van der Waals surface area contributed by atoms with E-state index in [9.17, 15) is 9.59 Å². The maximum Gasteiger partial charge on any atom is 0.257 e. The fourth-order valence-electron chi connectivity index (χ4n) is 5.58. The van der Waals surface area contributed by atoms with Crippen LogP contribution in [0.2, 0.25) is 0 Å². The standard InChI is InChI=1S/C26H25Br2NO2/c1-26(12-4-5-13-29-24(30)20-6-2-3-7-21(20)25(29)31)22-14-16(27)8-10-18(22)19-11-9-17(28)15-23(19)26/h8-11,14-15H,2-7,12-13H2,1H3. The average Bonchev–Trinajstić information content (AvgIpc) is 3.15. The largest absolute Gasteiger partial charge is 0.275 e. The van der Waals surface area contributed by atoms with E-state index in [1.807, 2.05) is 0 Å². The minimum Gasteiger partial charge on any atom is -0.275 e. The Morgan fingerprint density at radius 2 is 1.35 bits per heavy atom. The Balaban J connectivity index is 1.32. The van der Waals surface area contributed by atoms with Gasteiger partial charge in [-0.1, -0.05) is 57.3 Å². The number of halogens is 2. The predicted molar refractivity (Wildman–Crippen MR) is 130 cm³/mol. The van der Waals surface area contributed by atoms with E-state index in [0.29, 0.717) is 6.54 Å². The first-order chi connectivity index (χ1) is 14.9. The van der Waals surface area contributed by atoms with Gasteiger partial charge < -0.3 is 0 Å². The molecule has 2 aliphatic carbocycles. The zero-order valence-electron chi connectivity index (χ0n) is 17.6. The normalized spacial score (nSPS) is 19.0. The summed E-state index contributed by atoms with van der Waals surface area (Å²) < 4.78 is 2.18. The molecule has 0 saturated heterocycles. The lowest BCUT2D eigenvalue weighted by Gasteiger charge is -2.28. The lowest BCUT2D eigenvalue weighted by Crippen LogP contribution is -2.33. The van der Waals surface area contributed by atoms with Gasteiger partial charge in [0.2, 0.25) is 0 Å². The highest BCUT2D eigenvalue weighted by molar-refractivity contribution is 9.10. The second-order valence-corrected chi connectivity index (χ2v) is 10.9. The van der Waals surface area contributed by atoms with Gasteiger partial charge in [0.1, 0.15) is 0 Å². The first-order valence-corrected chi connectivity index (χ1v) is 12.7. The van der Waals surface area contributed by atoms with E-state index in [-0.39, 0.29) is 17.2 Å². The van der Waals surface area contributed by atoms with E-state index in [0.717, 1.165) is 65.0 Å². The van der Waals surface area contributed by atoms with Gasteiger partial charge in [0.05, 0.1) is 0 Å². The molecule has 2 aromatic rings. The van der Waals surface area contributed by atoms with Crippen molar-refractivity contribution in [3.8, 4) is 11.1 Å². The van der Waals surface area contributed by atoms with Crippen molar-refractivity contribution >= 4 is 43.7 Å². The van der Waals surface area contributed by atoms with Gasteiger partial charge in [0, 0.05) is 32.1 Å². The number of hydrogen-bond acceptors (Lipinski definition) is 2. The highest BCUT2D eigenvalue weighted by Crippen LogP contribution is 2.52. The lowest BCUT2D eigenvalue weighted by molar-refractivity contribution is -0.137. The Morgan fingerprint density at radius 1 is 0.839 bits per heavy atom. The number of imide groups is 1. The second-order valence-electron chi connectivity index (χ2n) is 9.10. The fourth-order valence-corrected chi connectivity index (χ4v) is 6.30. The Kier molecular flexibility index (Phi) is 5.46.